The van der Waals surface area contributed by atoms with Gasteiger partial charge in [-0.25, -0.2) is 0 Å². The molecule has 2 rings (SSSR count). The lowest BCUT2D eigenvalue weighted by Gasteiger charge is -2.35. The van der Waals surface area contributed by atoms with Gasteiger partial charge < -0.3 is 10.4 Å². The van der Waals surface area contributed by atoms with Crippen molar-refractivity contribution in [3.63, 3.8) is 0 Å². The zero-order valence-corrected chi connectivity index (χ0v) is 13.4. The zero-order chi connectivity index (χ0) is 16.2. The van der Waals surface area contributed by atoms with Crippen molar-refractivity contribution >= 4 is 17.6 Å². The summed E-state index contributed by atoms with van der Waals surface area (Å²) >= 11 is 0. The monoisotopic (exact) mass is 303 g/mol. The first kappa shape index (κ1) is 16.5. The lowest BCUT2D eigenvalue weighted by molar-refractivity contribution is -0.140. The highest BCUT2D eigenvalue weighted by molar-refractivity contribution is 5.92. The summed E-state index contributed by atoms with van der Waals surface area (Å²) in [6, 6.07) is 5.91. The fraction of sp³-hybridized carbons (Fsp3) is 0.556. The van der Waals surface area contributed by atoms with Crippen molar-refractivity contribution in [3.05, 3.63) is 29.3 Å². The molecule has 1 aliphatic rings. The molecule has 1 saturated carbocycles. The summed E-state index contributed by atoms with van der Waals surface area (Å²) in [4.78, 5) is 23.6. The molecule has 0 aromatic heterocycles. The van der Waals surface area contributed by atoms with E-state index in [1.807, 2.05) is 32.0 Å². The first-order chi connectivity index (χ1) is 10.4. The van der Waals surface area contributed by atoms with Gasteiger partial charge in [-0.2, -0.15) is 0 Å². The summed E-state index contributed by atoms with van der Waals surface area (Å²) in [7, 11) is 0. The van der Waals surface area contributed by atoms with Crippen LogP contribution in [0, 0.1) is 19.3 Å². The van der Waals surface area contributed by atoms with Crippen molar-refractivity contribution in [1.82, 2.24) is 0 Å². The van der Waals surface area contributed by atoms with Crippen LogP contribution < -0.4 is 5.32 Å². The average Bonchev–Trinajstić information content (AvgIpc) is 2.42. The Morgan fingerprint density at radius 3 is 2.41 bits per heavy atom. The van der Waals surface area contributed by atoms with Gasteiger partial charge in [-0.15, -0.1) is 0 Å². The second-order valence-corrected chi connectivity index (χ2v) is 6.67. The van der Waals surface area contributed by atoms with Crippen molar-refractivity contribution in [1.29, 1.82) is 0 Å². The van der Waals surface area contributed by atoms with Gasteiger partial charge >= 0.3 is 5.97 Å². The molecule has 0 bridgehead atoms. The molecule has 0 radical (unpaired) electrons. The van der Waals surface area contributed by atoms with E-state index in [-0.39, 0.29) is 17.7 Å². The summed E-state index contributed by atoms with van der Waals surface area (Å²) in [5.41, 5.74) is 2.64. The van der Waals surface area contributed by atoms with Crippen LogP contribution in [-0.4, -0.2) is 17.0 Å². The van der Waals surface area contributed by atoms with E-state index in [4.69, 9.17) is 0 Å². The van der Waals surface area contributed by atoms with Crippen LogP contribution in [0.25, 0.3) is 0 Å². The van der Waals surface area contributed by atoms with Gasteiger partial charge in [-0.05, 0) is 43.7 Å². The molecule has 4 heteroatoms. The number of amides is 1. The standard InChI is InChI=1S/C18H25NO3/c1-13-6-7-15(14(2)10-13)19-16(20)11-18(12-17(21)22)8-4-3-5-9-18/h6-7,10H,3-5,8-9,11-12H2,1-2H3,(H,19,20)(H,21,22). The number of anilines is 1. The Hall–Kier alpha value is -1.84. The molecule has 1 aromatic carbocycles. The Morgan fingerprint density at radius 1 is 1.14 bits per heavy atom. The summed E-state index contributed by atoms with van der Waals surface area (Å²) in [5.74, 6) is -0.878. The van der Waals surface area contributed by atoms with E-state index in [9.17, 15) is 14.7 Å². The van der Waals surface area contributed by atoms with Gasteiger partial charge in [0.25, 0.3) is 0 Å². The number of aryl methyl sites for hydroxylation is 2. The topological polar surface area (TPSA) is 66.4 Å². The van der Waals surface area contributed by atoms with Crippen LogP contribution in [0.1, 0.15) is 56.1 Å². The molecule has 1 amide bonds. The summed E-state index contributed by atoms with van der Waals surface area (Å²) in [6.45, 7) is 3.98. The normalized spacial score (nSPS) is 17.0. The van der Waals surface area contributed by atoms with Crippen molar-refractivity contribution in [3.8, 4) is 0 Å². The molecule has 4 nitrogen and oxygen atoms in total. The highest BCUT2D eigenvalue weighted by atomic mass is 16.4. The van der Waals surface area contributed by atoms with Gasteiger partial charge in [-0.3, -0.25) is 9.59 Å². The second kappa shape index (κ2) is 6.95. The third-order valence-corrected chi connectivity index (χ3v) is 4.63. The smallest absolute Gasteiger partial charge is 0.303 e. The maximum Gasteiger partial charge on any atom is 0.303 e. The Balaban J connectivity index is 2.06. The van der Waals surface area contributed by atoms with E-state index >= 15 is 0 Å². The van der Waals surface area contributed by atoms with Gasteiger partial charge in [0.2, 0.25) is 5.91 Å². The third kappa shape index (κ3) is 4.33. The molecule has 1 fully saturated rings. The highest BCUT2D eigenvalue weighted by Crippen LogP contribution is 2.42. The van der Waals surface area contributed by atoms with Crippen molar-refractivity contribution < 1.29 is 14.7 Å². The molecule has 0 heterocycles. The minimum Gasteiger partial charge on any atom is -0.481 e. The number of carboxylic acid groups (broad SMARTS) is 1. The fourth-order valence-corrected chi connectivity index (χ4v) is 3.53. The predicted octanol–water partition coefficient (Wildman–Crippen LogP) is 4.06. The van der Waals surface area contributed by atoms with Gasteiger partial charge in [0, 0.05) is 12.1 Å². The Labute approximate surface area is 131 Å². The Kier molecular flexibility index (Phi) is 5.22. The molecular formula is C18H25NO3. The van der Waals surface area contributed by atoms with Gasteiger partial charge in [0.15, 0.2) is 0 Å². The summed E-state index contributed by atoms with van der Waals surface area (Å²) in [6.07, 6.45) is 5.23. The van der Waals surface area contributed by atoms with E-state index in [1.165, 1.54) is 0 Å². The number of rotatable bonds is 5. The number of carbonyl (C=O) groups is 2. The Morgan fingerprint density at radius 2 is 1.82 bits per heavy atom. The molecule has 1 aliphatic carbocycles. The lowest BCUT2D eigenvalue weighted by atomic mass is 9.69. The Bertz CT molecular complexity index is 559. The molecule has 22 heavy (non-hydrogen) atoms. The molecule has 0 spiro atoms. The van der Waals surface area contributed by atoms with E-state index < -0.39 is 5.97 Å². The molecule has 1 aromatic rings. The largest absolute Gasteiger partial charge is 0.481 e. The quantitative estimate of drug-likeness (QED) is 0.862. The number of carbonyl (C=O) groups excluding carboxylic acids is 1. The number of hydrogen-bond donors (Lipinski definition) is 2. The van der Waals surface area contributed by atoms with Crippen molar-refractivity contribution in [2.45, 2.75) is 58.8 Å². The molecule has 0 aliphatic heterocycles. The van der Waals surface area contributed by atoms with Gasteiger partial charge in [-0.1, -0.05) is 37.0 Å². The van der Waals surface area contributed by atoms with Crippen LogP contribution in [0.4, 0.5) is 5.69 Å². The number of nitrogens with one attached hydrogen (secondary N) is 1. The fourth-order valence-electron chi connectivity index (χ4n) is 3.53. The SMILES string of the molecule is Cc1ccc(NC(=O)CC2(CC(=O)O)CCCCC2)c(C)c1. The number of benzene rings is 1. The highest BCUT2D eigenvalue weighted by Gasteiger charge is 2.36. The van der Waals surface area contributed by atoms with Gasteiger partial charge in [0.05, 0.1) is 6.42 Å². The van der Waals surface area contributed by atoms with E-state index in [0.717, 1.165) is 48.9 Å². The van der Waals surface area contributed by atoms with Crippen LogP contribution in [-0.2, 0) is 9.59 Å². The van der Waals surface area contributed by atoms with Gasteiger partial charge in [0.1, 0.15) is 0 Å². The van der Waals surface area contributed by atoms with Crippen LogP contribution in [0.3, 0.4) is 0 Å². The molecule has 120 valence electrons. The summed E-state index contributed by atoms with van der Waals surface area (Å²) < 4.78 is 0. The number of carboxylic acids is 1. The maximum atomic E-state index is 12.4. The van der Waals surface area contributed by atoms with E-state index in [0.29, 0.717) is 6.42 Å². The zero-order valence-electron chi connectivity index (χ0n) is 13.4. The third-order valence-electron chi connectivity index (χ3n) is 4.63. The van der Waals surface area contributed by atoms with Crippen LogP contribution >= 0.6 is 0 Å². The van der Waals surface area contributed by atoms with Crippen molar-refractivity contribution in [2.75, 3.05) is 5.32 Å². The number of hydrogen-bond acceptors (Lipinski definition) is 2. The first-order valence-electron chi connectivity index (χ1n) is 7.99. The van der Waals surface area contributed by atoms with E-state index in [1.54, 1.807) is 0 Å². The molecule has 0 unspecified atom stereocenters. The van der Waals surface area contributed by atoms with Crippen LogP contribution in [0.15, 0.2) is 18.2 Å². The molecule has 2 N–H and O–H groups in total. The average molecular weight is 303 g/mol. The van der Waals surface area contributed by atoms with E-state index in [2.05, 4.69) is 5.32 Å². The maximum absolute atomic E-state index is 12.4. The number of aliphatic carboxylic acids is 1. The predicted molar refractivity (Wildman–Crippen MR) is 86.9 cm³/mol. The molecule has 0 atom stereocenters. The minimum absolute atomic E-state index is 0.0740. The molecule has 0 saturated heterocycles. The second-order valence-electron chi connectivity index (χ2n) is 6.67. The minimum atomic E-state index is -0.804. The van der Waals surface area contributed by atoms with Crippen LogP contribution in [0.2, 0.25) is 0 Å². The lowest BCUT2D eigenvalue weighted by Crippen LogP contribution is -2.32. The van der Waals surface area contributed by atoms with Crippen molar-refractivity contribution in [2.24, 2.45) is 5.41 Å². The first-order valence-corrected chi connectivity index (χ1v) is 7.99. The molecular weight excluding hydrogens is 278 g/mol. The van der Waals surface area contributed by atoms with Crippen LogP contribution in [0.5, 0.6) is 0 Å². The summed E-state index contributed by atoms with van der Waals surface area (Å²) in [5, 5.41) is 12.1.